The van der Waals surface area contributed by atoms with Gasteiger partial charge in [0.1, 0.15) is 5.39 Å². The summed E-state index contributed by atoms with van der Waals surface area (Å²) in [7, 11) is 0. The Morgan fingerprint density at radius 2 is 2.00 bits per heavy atom. The number of fused-ring (bicyclic) bond motifs is 1. The summed E-state index contributed by atoms with van der Waals surface area (Å²) < 4.78 is 40.5. The van der Waals surface area contributed by atoms with Gasteiger partial charge in [-0.2, -0.15) is 23.3 Å². The number of aromatic amines is 1. The smallest absolute Gasteiger partial charge is 0.353 e. The summed E-state index contributed by atoms with van der Waals surface area (Å²) in [6, 6.07) is -0.369. The molecule has 2 N–H and O–H groups in total. The number of halogens is 3. The van der Waals surface area contributed by atoms with Gasteiger partial charge in [-0.25, -0.2) is 4.68 Å². The van der Waals surface area contributed by atoms with Crippen LogP contribution < -0.4 is 10.9 Å². The first-order valence-electron chi connectivity index (χ1n) is 8.37. The monoisotopic (exact) mass is 357 g/mol. The van der Waals surface area contributed by atoms with Crippen LogP contribution in [0.25, 0.3) is 11.0 Å². The normalized spacial score (nSPS) is 22.3. The Morgan fingerprint density at radius 1 is 1.28 bits per heavy atom. The number of anilines is 1. The molecule has 2 atom stereocenters. The van der Waals surface area contributed by atoms with Gasteiger partial charge in [0.15, 0.2) is 5.65 Å². The fourth-order valence-corrected chi connectivity index (χ4v) is 3.29. The molecule has 1 fully saturated rings. The molecule has 0 radical (unpaired) electrons. The van der Waals surface area contributed by atoms with Crippen LogP contribution in [0, 0.1) is 5.92 Å². The van der Waals surface area contributed by atoms with Gasteiger partial charge in [-0.1, -0.05) is 6.42 Å². The summed E-state index contributed by atoms with van der Waals surface area (Å²) >= 11 is 0. The minimum absolute atomic E-state index is 0.0101. The Labute approximate surface area is 142 Å². The van der Waals surface area contributed by atoms with Gasteiger partial charge in [0, 0.05) is 6.04 Å². The first-order chi connectivity index (χ1) is 11.6. The average molecular weight is 357 g/mol. The Bertz CT molecular complexity index is 818. The number of hydrogen-bond acceptors (Lipinski definition) is 4. The Balaban J connectivity index is 1.88. The molecule has 2 heterocycles. The maximum absolute atomic E-state index is 13.0. The highest BCUT2D eigenvalue weighted by Gasteiger charge is 2.42. The van der Waals surface area contributed by atoms with Crippen molar-refractivity contribution in [2.45, 2.75) is 64.2 Å². The van der Waals surface area contributed by atoms with Crippen molar-refractivity contribution >= 4 is 17.0 Å². The van der Waals surface area contributed by atoms with Crippen molar-refractivity contribution in [2.24, 2.45) is 5.92 Å². The highest BCUT2D eigenvalue weighted by atomic mass is 19.4. The third kappa shape index (κ3) is 3.64. The molecular formula is C16H22F3N5O. The lowest BCUT2D eigenvalue weighted by Gasteiger charge is -2.31. The van der Waals surface area contributed by atoms with E-state index < -0.39 is 12.1 Å². The van der Waals surface area contributed by atoms with E-state index in [1.807, 2.05) is 20.8 Å². The van der Waals surface area contributed by atoms with E-state index in [4.69, 9.17) is 0 Å². The van der Waals surface area contributed by atoms with Gasteiger partial charge in [0.25, 0.3) is 5.56 Å². The lowest BCUT2D eigenvalue weighted by atomic mass is 9.85. The maximum atomic E-state index is 13.0. The molecule has 0 bridgehead atoms. The van der Waals surface area contributed by atoms with Crippen molar-refractivity contribution in [1.82, 2.24) is 19.7 Å². The fraction of sp³-hybridized carbons (Fsp3) is 0.688. The third-order valence-electron chi connectivity index (χ3n) is 4.55. The minimum Gasteiger partial charge on any atom is -0.353 e. The molecule has 0 amide bonds. The van der Waals surface area contributed by atoms with Gasteiger partial charge >= 0.3 is 6.18 Å². The molecule has 2 aromatic heterocycles. The van der Waals surface area contributed by atoms with Crippen LogP contribution in [0.1, 0.15) is 46.5 Å². The molecule has 3 rings (SSSR count). The van der Waals surface area contributed by atoms with Crippen LogP contribution in [0.15, 0.2) is 11.0 Å². The fourth-order valence-electron chi connectivity index (χ4n) is 3.29. The van der Waals surface area contributed by atoms with Gasteiger partial charge < -0.3 is 5.32 Å². The van der Waals surface area contributed by atoms with Crippen LogP contribution in [0.5, 0.6) is 0 Å². The largest absolute Gasteiger partial charge is 0.391 e. The summed E-state index contributed by atoms with van der Waals surface area (Å²) in [6.07, 6.45) is -1.47. The number of alkyl halides is 3. The Kier molecular flexibility index (Phi) is 4.28. The van der Waals surface area contributed by atoms with Crippen LogP contribution >= 0.6 is 0 Å². The standard InChI is InChI=1S/C16H22F3N5O/c1-15(2,3)24-12-11(8-20-24)13(25)23-14(22-12)21-10-6-4-5-9(7-10)16(17,18)19/h8-10H,4-7H2,1-3H3,(H2,21,22,23,25). The molecule has 1 aliphatic carbocycles. The second-order valence-electron chi connectivity index (χ2n) is 7.63. The van der Waals surface area contributed by atoms with Crippen molar-refractivity contribution in [3.63, 3.8) is 0 Å². The van der Waals surface area contributed by atoms with E-state index in [0.29, 0.717) is 23.9 Å². The van der Waals surface area contributed by atoms with Gasteiger partial charge in [0.05, 0.1) is 17.7 Å². The first-order valence-corrected chi connectivity index (χ1v) is 8.37. The van der Waals surface area contributed by atoms with E-state index in [2.05, 4.69) is 20.4 Å². The van der Waals surface area contributed by atoms with Crippen molar-refractivity contribution in [1.29, 1.82) is 0 Å². The molecule has 2 unspecified atom stereocenters. The van der Waals surface area contributed by atoms with Crippen molar-refractivity contribution in [3.8, 4) is 0 Å². The van der Waals surface area contributed by atoms with E-state index in [0.717, 1.165) is 0 Å². The molecule has 1 saturated carbocycles. The van der Waals surface area contributed by atoms with Crippen LogP contribution in [0.2, 0.25) is 0 Å². The number of H-pyrrole nitrogens is 1. The summed E-state index contributed by atoms with van der Waals surface area (Å²) in [6.45, 7) is 5.80. The number of hydrogen-bond donors (Lipinski definition) is 2. The SMILES string of the molecule is CC(C)(C)n1ncc2c(=O)[nH]c(NC3CCCC(C(F)(F)F)C3)nc21. The average Bonchev–Trinajstić information content (AvgIpc) is 2.91. The number of nitrogens with one attached hydrogen (secondary N) is 2. The Hall–Kier alpha value is -2.06. The van der Waals surface area contributed by atoms with Gasteiger partial charge in [0.2, 0.25) is 5.95 Å². The highest BCUT2D eigenvalue weighted by Crippen LogP contribution is 2.38. The zero-order chi connectivity index (χ0) is 18.4. The summed E-state index contributed by atoms with van der Waals surface area (Å²) in [5.74, 6) is -1.12. The van der Waals surface area contributed by atoms with Gasteiger partial charge in [-0.05, 0) is 40.0 Å². The summed E-state index contributed by atoms with van der Waals surface area (Å²) in [4.78, 5) is 19.2. The van der Waals surface area contributed by atoms with E-state index in [-0.39, 0.29) is 35.9 Å². The second kappa shape index (κ2) is 6.03. The number of nitrogens with zero attached hydrogens (tertiary/aromatic N) is 3. The molecule has 0 spiro atoms. The number of rotatable bonds is 2. The molecule has 9 heteroatoms. The zero-order valence-corrected chi connectivity index (χ0v) is 14.4. The summed E-state index contributed by atoms with van der Waals surface area (Å²) in [5.41, 5.74) is -0.306. The highest BCUT2D eigenvalue weighted by molar-refractivity contribution is 5.74. The quantitative estimate of drug-likeness (QED) is 0.864. The summed E-state index contributed by atoms with van der Waals surface area (Å²) in [5, 5.41) is 7.55. The van der Waals surface area contributed by atoms with E-state index in [1.165, 1.54) is 6.20 Å². The topological polar surface area (TPSA) is 75.6 Å². The van der Waals surface area contributed by atoms with E-state index in [9.17, 15) is 18.0 Å². The molecular weight excluding hydrogens is 335 g/mol. The molecule has 6 nitrogen and oxygen atoms in total. The van der Waals surface area contributed by atoms with Gasteiger partial charge in [-0.3, -0.25) is 9.78 Å². The predicted octanol–water partition coefficient (Wildman–Crippen LogP) is 3.41. The predicted molar refractivity (Wildman–Crippen MR) is 88.6 cm³/mol. The maximum Gasteiger partial charge on any atom is 0.391 e. The zero-order valence-electron chi connectivity index (χ0n) is 14.4. The second-order valence-corrected chi connectivity index (χ2v) is 7.63. The van der Waals surface area contributed by atoms with Crippen LogP contribution in [-0.2, 0) is 5.54 Å². The van der Waals surface area contributed by atoms with Gasteiger partial charge in [-0.15, -0.1) is 0 Å². The van der Waals surface area contributed by atoms with Crippen LogP contribution in [-0.4, -0.2) is 32.0 Å². The first kappa shape index (κ1) is 17.8. The van der Waals surface area contributed by atoms with Crippen molar-refractivity contribution in [2.75, 3.05) is 5.32 Å². The molecule has 2 aromatic rings. The van der Waals surface area contributed by atoms with E-state index in [1.54, 1.807) is 4.68 Å². The lowest BCUT2D eigenvalue weighted by molar-refractivity contribution is -0.182. The molecule has 138 valence electrons. The van der Waals surface area contributed by atoms with Crippen molar-refractivity contribution < 1.29 is 13.2 Å². The van der Waals surface area contributed by atoms with Crippen LogP contribution in [0.3, 0.4) is 0 Å². The molecule has 0 saturated heterocycles. The molecule has 0 aliphatic heterocycles. The molecule has 0 aromatic carbocycles. The molecule has 1 aliphatic rings. The third-order valence-corrected chi connectivity index (χ3v) is 4.55. The van der Waals surface area contributed by atoms with Crippen LogP contribution in [0.4, 0.5) is 19.1 Å². The molecule has 25 heavy (non-hydrogen) atoms. The number of aromatic nitrogens is 4. The minimum atomic E-state index is -4.18. The Morgan fingerprint density at radius 3 is 2.64 bits per heavy atom. The lowest BCUT2D eigenvalue weighted by Crippen LogP contribution is -2.35. The van der Waals surface area contributed by atoms with E-state index >= 15 is 0 Å². The van der Waals surface area contributed by atoms with Crippen molar-refractivity contribution in [3.05, 3.63) is 16.6 Å².